The first-order valence-corrected chi connectivity index (χ1v) is 6.52. The molecule has 0 aromatic rings. The van der Waals surface area contributed by atoms with Crippen molar-refractivity contribution in [3.05, 3.63) is 0 Å². The van der Waals surface area contributed by atoms with Crippen LogP contribution in [0.25, 0.3) is 0 Å². The minimum absolute atomic E-state index is 0.0719. The van der Waals surface area contributed by atoms with Crippen LogP contribution in [0.2, 0.25) is 0 Å². The molecular formula is C13H27NO3. The van der Waals surface area contributed by atoms with Gasteiger partial charge in [-0.3, -0.25) is 4.90 Å². The van der Waals surface area contributed by atoms with Gasteiger partial charge < -0.3 is 9.84 Å². The number of ether oxygens (including phenoxy) is 1. The molecule has 0 amide bonds. The zero-order valence-corrected chi connectivity index (χ0v) is 11.8. The molecule has 1 rings (SSSR count). The second-order valence-corrected chi connectivity index (χ2v) is 4.66. The van der Waals surface area contributed by atoms with Crippen molar-refractivity contribution in [1.29, 1.82) is 0 Å². The predicted octanol–water partition coefficient (Wildman–Crippen LogP) is 2.38. The molecule has 0 aliphatic carbocycles. The lowest BCUT2D eigenvalue weighted by Crippen LogP contribution is -2.37. The third kappa shape index (κ3) is 5.04. The Labute approximate surface area is 105 Å². The monoisotopic (exact) mass is 245 g/mol. The van der Waals surface area contributed by atoms with Gasteiger partial charge in [-0.15, -0.1) is 0 Å². The van der Waals surface area contributed by atoms with Crippen LogP contribution in [0.15, 0.2) is 0 Å². The highest BCUT2D eigenvalue weighted by Gasteiger charge is 2.39. The normalized spacial score (nSPS) is 28.6. The van der Waals surface area contributed by atoms with Crippen molar-refractivity contribution in [1.82, 2.24) is 4.90 Å². The van der Waals surface area contributed by atoms with Gasteiger partial charge in [-0.2, -0.15) is 0 Å². The van der Waals surface area contributed by atoms with Crippen LogP contribution in [-0.4, -0.2) is 47.8 Å². The van der Waals surface area contributed by atoms with E-state index < -0.39 is 5.97 Å². The van der Waals surface area contributed by atoms with E-state index in [0.717, 1.165) is 25.8 Å². The van der Waals surface area contributed by atoms with Gasteiger partial charge in [0.15, 0.2) is 0 Å². The summed E-state index contributed by atoms with van der Waals surface area (Å²) in [6.07, 6.45) is 3.29. The summed E-state index contributed by atoms with van der Waals surface area (Å²) in [6, 6.07) is 0. The summed E-state index contributed by atoms with van der Waals surface area (Å²) in [5.74, 6) is -0.887. The van der Waals surface area contributed by atoms with Crippen molar-refractivity contribution in [2.24, 2.45) is 0 Å². The summed E-state index contributed by atoms with van der Waals surface area (Å²) in [5, 5.41) is 8.53. The minimum Gasteiger partial charge on any atom is -0.480 e. The standard InChI is InChI=1S/C11H21NO3.C2H6/c1-4-5-11(2)6-9(7-12(11)3)15-8-10(13)14;1-2/h9H,4-8H2,1-3H3,(H,13,14);1-2H3. The molecule has 1 fully saturated rings. The van der Waals surface area contributed by atoms with Gasteiger partial charge in [-0.05, 0) is 26.8 Å². The molecule has 2 unspecified atom stereocenters. The van der Waals surface area contributed by atoms with Crippen LogP contribution in [-0.2, 0) is 9.53 Å². The fraction of sp³-hybridized carbons (Fsp3) is 0.923. The molecular weight excluding hydrogens is 218 g/mol. The molecule has 102 valence electrons. The number of carboxylic acid groups (broad SMARTS) is 1. The SMILES string of the molecule is CC.CCCC1(C)CC(OCC(=O)O)CN1C. The Hall–Kier alpha value is -0.610. The van der Waals surface area contributed by atoms with Crippen LogP contribution < -0.4 is 0 Å². The van der Waals surface area contributed by atoms with E-state index in [1.807, 2.05) is 13.8 Å². The molecule has 0 saturated carbocycles. The van der Waals surface area contributed by atoms with Gasteiger partial charge in [0.2, 0.25) is 0 Å². The Kier molecular flexibility index (Phi) is 7.39. The van der Waals surface area contributed by atoms with Crippen molar-refractivity contribution < 1.29 is 14.6 Å². The van der Waals surface area contributed by atoms with Crippen molar-refractivity contribution >= 4 is 5.97 Å². The van der Waals surface area contributed by atoms with Crippen molar-refractivity contribution in [2.75, 3.05) is 20.2 Å². The van der Waals surface area contributed by atoms with E-state index in [9.17, 15) is 4.79 Å². The molecule has 1 N–H and O–H groups in total. The number of rotatable bonds is 5. The van der Waals surface area contributed by atoms with E-state index in [0.29, 0.717) is 0 Å². The van der Waals surface area contributed by atoms with Crippen molar-refractivity contribution in [2.45, 2.75) is 58.6 Å². The Bertz CT molecular complexity index is 233. The molecule has 4 heteroatoms. The number of likely N-dealkylation sites (tertiary alicyclic amines) is 1. The Morgan fingerprint density at radius 3 is 2.59 bits per heavy atom. The van der Waals surface area contributed by atoms with Crippen LogP contribution in [0.5, 0.6) is 0 Å². The third-order valence-electron chi connectivity index (χ3n) is 3.30. The molecule has 17 heavy (non-hydrogen) atoms. The summed E-state index contributed by atoms with van der Waals surface area (Å²) in [5.41, 5.74) is 0.178. The first-order chi connectivity index (χ1) is 7.98. The highest BCUT2D eigenvalue weighted by molar-refractivity contribution is 5.68. The van der Waals surface area contributed by atoms with Crippen molar-refractivity contribution in [3.8, 4) is 0 Å². The van der Waals surface area contributed by atoms with Gasteiger partial charge in [0.1, 0.15) is 6.61 Å². The van der Waals surface area contributed by atoms with E-state index >= 15 is 0 Å². The Balaban J connectivity index is 0.00000121. The second-order valence-electron chi connectivity index (χ2n) is 4.66. The smallest absolute Gasteiger partial charge is 0.329 e. The summed E-state index contributed by atoms with van der Waals surface area (Å²) >= 11 is 0. The second kappa shape index (κ2) is 7.67. The number of aliphatic carboxylic acids is 1. The average Bonchev–Trinajstić information content (AvgIpc) is 2.55. The molecule has 4 nitrogen and oxygen atoms in total. The van der Waals surface area contributed by atoms with Crippen LogP contribution >= 0.6 is 0 Å². The lowest BCUT2D eigenvalue weighted by atomic mass is 9.93. The van der Waals surface area contributed by atoms with Gasteiger partial charge >= 0.3 is 5.97 Å². The molecule has 1 heterocycles. The van der Waals surface area contributed by atoms with E-state index in [2.05, 4.69) is 25.8 Å². The maximum atomic E-state index is 10.4. The Morgan fingerprint density at radius 1 is 1.53 bits per heavy atom. The summed E-state index contributed by atoms with van der Waals surface area (Å²) in [6.45, 7) is 9.05. The quantitative estimate of drug-likeness (QED) is 0.808. The van der Waals surface area contributed by atoms with E-state index in [1.165, 1.54) is 0 Å². The number of nitrogens with zero attached hydrogens (tertiary/aromatic N) is 1. The van der Waals surface area contributed by atoms with Crippen LogP contribution in [0.1, 0.15) is 47.0 Å². The molecule has 0 radical (unpaired) electrons. The van der Waals surface area contributed by atoms with E-state index in [1.54, 1.807) is 0 Å². The topological polar surface area (TPSA) is 49.8 Å². The number of carboxylic acids is 1. The molecule has 1 saturated heterocycles. The Morgan fingerprint density at radius 2 is 2.12 bits per heavy atom. The number of likely N-dealkylation sites (N-methyl/N-ethyl adjacent to an activating group) is 1. The largest absolute Gasteiger partial charge is 0.480 e. The maximum absolute atomic E-state index is 10.4. The summed E-state index contributed by atoms with van der Waals surface area (Å²) in [4.78, 5) is 12.7. The lowest BCUT2D eigenvalue weighted by molar-refractivity contribution is -0.144. The van der Waals surface area contributed by atoms with Gasteiger partial charge in [-0.1, -0.05) is 27.2 Å². The molecule has 1 aliphatic heterocycles. The van der Waals surface area contributed by atoms with E-state index in [-0.39, 0.29) is 18.2 Å². The van der Waals surface area contributed by atoms with E-state index in [4.69, 9.17) is 9.84 Å². The lowest BCUT2D eigenvalue weighted by Gasteiger charge is -2.31. The molecule has 0 bridgehead atoms. The number of carbonyl (C=O) groups is 1. The fourth-order valence-corrected chi connectivity index (χ4v) is 2.37. The number of hydrogen-bond donors (Lipinski definition) is 1. The first kappa shape index (κ1) is 16.4. The van der Waals surface area contributed by atoms with Crippen LogP contribution in [0, 0.1) is 0 Å². The highest BCUT2D eigenvalue weighted by atomic mass is 16.5. The molecule has 0 aromatic heterocycles. The van der Waals surface area contributed by atoms with Gasteiger partial charge in [0, 0.05) is 12.1 Å². The average molecular weight is 245 g/mol. The first-order valence-electron chi connectivity index (χ1n) is 6.52. The minimum atomic E-state index is -0.887. The zero-order valence-electron chi connectivity index (χ0n) is 11.8. The maximum Gasteiger partial charge on any atom is 0.329 e. The van der Waals surface area contributed by atoms with Gasteiger partial charge in [0.25, 0.3) is 0 Å². The fourth-order valence-electron chi connectivity index (χ4n) is 2.37. The summed E-state index contributed by atoms with van der Waals surface area (Å²) in [7, 11) is 2.08. The molecule has 1 aliphatic rings. The van der Waals surface area contributed by atoms with Gasteiger partial charge in [-0.25, -0.2) is 4.79 Å². The number of hydrogen-bond acceptors (Lipinski definition) is 3. The third-order valence-corrected chi connectivity index (χ3v) is 3.30. The van der Waals surface area contributed by atoms with Crippen LogP contribution in [0.3, 0.4) is 0 Å². The molecule has 0 spiro atoms. The molecule has 2 atom stereocenters. The molecule has 0 aromatic carbocycles. The van der Waals surface area contributed by atoms with Gasteiger partial charge in [0.05, 0.1) is 6.10 Å². The summed E-state index contributed by atoms with van der Waals surface area (Å²) < 4.78 is 5.34. The van der Waals surface area contributed by atoms with Crippen LogP contribution in [0.4, 0.5) is 0 Å². The van der Waals surface area contributed by atoms with Crippen molar-refractivity contribution in [3.63, 3.8) is 0 Å². The predicted molar refractivity (Wildman–Crippen MR) is 69.3 cm³/mol. The highest BCUT2D eigenvalue weighted by Crippen LogP contribution is 2.33. The zero-order chi connectivity index (χ0) is 13.5.